The zero-order valence-corrected chi connectivity index (χ0v) is 12.0. The molecule has 0 saturated heterocycles. The maximum absolute atomic E-state index is 5.66. The molecule has 0 aliphatic heterocycles. The van der Waals surface area contributed by atoms with E-state index < -0.39 is 0 Å². The molecule has 1 unspecified atom stereocenters. The van der Waals surface area contributed by atoms with Gasteiger partial charge in [0.25, 0.3) is 0 Å². The Morgan fingerprint density at radius 2 is 2.47 bits per heavy atom. The molecule has 6 heteroatoms. The van der Waals surface area contributed by atoms with E-state index in [9.17, 15) is 0 Å². The summed E-state index contributed by atoms with van der Waals surface area (Å²) in [5, 5.41) is 2.08. The van der Waals surface area contributed by atoms with E-state index in [0.29, 0.717) is 0 Å². The van der Waals surface area contributed by atoms with Crippen LogP contribution in [0.15, 0.2) is 27.6 Å². The molecule has 17 heavy (non-hydrogen) atoms. The van der Waals surface area contributed by atoms with Crippen LogP contribution in [0.3, 0.4) is 0 Å². The Hall–Kier alpha value is -0.690. The van der Waals surface area contributed by atoms with Crippen LogP contribution in [0, 0.1) is 0 Å². The number of nitrogens with zero attached hydrogens (tertiary/aromatic N) is 2. The maximum Gasteiger partial charge on any atom is 0.131 e. The molecule has 4 nitrogen and oxygen atoms in total. The molecule has 0 aliphatic carbocycles. The molecule has 0 radical (unpaired) electrons. The number of nitrogens with two attached hydrogens (primary N) is 1. The number of nitrogens with one attached hydrogen (secondary N) is 1. The van der Waals surface area contributed by atoms with Crippen LogP contribution in [0.4, 0.5) is 0 Å². The summed E-state index contributed by atoms with van der Waals surface area (Å²) in [4.78, 5) is 4.40. The number of imidazole rings is 1. The minimum absolute atomic E-state index is 0.0564. The lowest BCUT2D eigenvalue weighted by molar-refractivity contribution is 0.546. The molecule has 1 atom stereocenters. The number of rotatable bonds is 5. The summed E-state index contributed by atoms with van der Waals surface area (Å²) in [5.74, 6) is 6.61. The van der Waals surface area contributed by atoms with Crippen molar-refractivity contribution in [2.45, 2.75) is 25.9 Å². The van der Waals surface area contributed by atoms with Crippen LogP contribution in [0.2, 0.25) is 0 Å². The van der Waals surface area contributed by atoms with Crippen molar-refractivity contribution < 1.29 is 0 Å². The van der Waals surface area contributed by atoms with E-state index in [1.165, 1.54) is 0 Å². The van der Waals surface area contributed by atoms with Gasteiger partial charge in [-0.05, 0) is 39.4 Å². The Bertz CT molecular complexity index is 479. The number of aromatic nitrogens is 2. The lowest BCUT2D eigenvalue weighted by Gasteiger charge is -2.16. The topological polar surface area (TPSA) is 55.9 Å². The van der Waals surface area contributed by atoms with Crippen molar-refractivity contribution in [1.29, 1.82) is 0 Å². The van der Waals surface area contributed by atoms with Gasteiger partial charge in [-0.15, -0.1) is 11.3 Å². The highest BCUT2D eigenvalue weighted by molar-refractivity contribution is 9.11. The summed E-state index contributed by atoms with van der Waals surface area (Å²) in [6.07, 6.45) is 4.88. The molecule has 0 spiro atoms. The van der Waals surface area contributed by atoms with Gasteiger partial charge < -0.3 is 4.57 Å². The van der Waals surface area contributed by atoms with Crippen LogP contribution in [0.5, 0.6) is 0 Å². The van der Waals surface area contributed by atoms with Gasteiger partial charge in [0.05, 0.1) is 3.79 Å². The first-order valence-electron chi connectivity index (χ1n) is 5.47. The number of aryl methyl sites for hydroxylation is 1. The van der Waals surface area contributed by atoms with Crippen molar-refractivity contribution in [3.63, 3.8) is 0 Å². The van der Waals surface area contributed by atoms with Crippen LogP contribution in [0.25, 0.3) is 0 Å². The molecular formula is C11H15BrN4S. The molecular weight excluding hydrogens is 300 g/mol. The average Bonchev–Trinajstić information content (AvgIpc) is 2.91. The highest BCUT2D eigenvalue weighted by atomic mass is 79.9. The molecule has 0 bridgehead atoms. The largest absolute Gasteiger partial charge is 0.333 e. The van der Waals surface area contributed by atoms with Gasteiger partial charge in [0.15, 0.2) is 0 Å². The normalized spacial score (nSPS) is 12.9. The minimum atomic E-state index is -0.0564. The number of hydrogen-bond acceptors (Lipinski definition) is 4. The molecule has 0 saturated carbocycles. The van der Waals surface area contributed by atoms with Gasteiger partial charge in [0, 0.05) is 18.9 Å². The fraction of sp³-hybridized carbons (Fsp3) is 0.364. The van der Waals surface area contributed by atoms with Crippen LogP contribution in [0.1, 0.15) is 30.8 Å². The first-order chi connectivity index (χ1) is 8.26. The van der Waals surface area contributed by atoms with Crippen LogP contribution in [-0.4, -0.2) is 9.55 Å². The second kappa shape index (κ2) is 5.77. The third-order valence-electron chi connectivity index (χ3n) is 2.56. The van der Waals surface area contributed by atoms with Crippen molar-refractivity contribution in [1.82, 2.24) is 15.0 Å². The first-order valence-corrected chi connectivity index (χ1v) is 7.14. The number of hydrogen-bond donors (Lipinski definition) is 2. The molecule has 2 aromatic heterocycles. The van der Waals surface area contributed by atoms with Crippen molar-refractivity contribution in [3.8, 4) is 0 Å². The molecule has 2 aromatic rings. The second-order valence-electron chi connectivity index (χ2n) is 3.76. The van der Waals surface area contributed by atoms with Gasteiger partial charge >= 0.3 is 0 Å². The standard InChI is InChI=1S/C11H15BrN4S/c1-2-4-16-5-3-14-11(16)10(15-13)8-6-9(12)17-7-8/h3,5-7,10,15H,2,4,13H2,1H3. The quantitative estimate of drug-likeness (QED) is 0.659. The third-order valence-corrected chi connectivity index (χ3v) is 4.08. The van der Waals surface area contributed by atoms with Gasteiger partial charge in [-0.1, -0.05) is 6.92 Å². The van der Waals surface area contributed by atoms with Crippen molar-refractivity contribution >= 4 is 27.3 Å². The summed E-state index contributed by atoms with van der Waals surface area (Å²) in [6.45, 7) is 3.11. The zero-order chi connectivity index (χ0) is 12.3. The minimum Gasteiger partial charge on any atom is -0.333 e. The monoisotopic (exact) mass is 314 g/mol. The summed E-state index contributed by atoms with van der Waals surface area (Å²) in [7, 11) is 0. The van der Waals surface area contributed by atoms with E-state index in [4.69, 9.17) is 5.84 Å². The van der Waals surface area contributed by atoms with E-state index in [1.807, 2.05) is 12.4 Å². The smallest absolute Gasteiger partial charge is 0.131 e. The molecule has 0 aromatic carbocycles. The first kappa shape index (κ1) is 12.8. The molecule has 0 amide bonds. The summed E-state index contributed by atoms with van der Waals surface area (Å²) in [5.41, 5.74) is 3.97. The van der Waals surface area contributed by atoms with Gasteiger partial charge in [0.2, 0.25) is 0 Å². The van der Waals surface area contributed by atoms with Crippen LogP contribution < -0.4 is 11.3 Å². The Labute approximate surface area is 113 Å². The lowest BCUT2D eigenvalue weighted by Crippen LogP contribution is -2.30. The summed E-state index contributed by atoms with van der Waals surface area (Å²) < 4.78 is 3.23. The molecule has 92 valence electrons. The van der Waals surface area contributed by atoms with Crippen LogP contribution in [-0.2, 0) is 6.54 Å². The van der Waals surface area contributed by atoms with Gasteiger partial charge in [0.1, 0.15) is 11.9 Å². The fourth-order valence-electron chi connectivity index (χ4n) is 1.81. The predicted octanol–water partition coefficient (Wildman–Crippen LogP) is 2.67. The Kier molecular flexibility index (Phi) is 4.33. The molecule has 2 rings (SSSR count). The van der Waals surface area contributed by atoms with Crippen molar-refractivity contribution in [2.75, 3.05) is 0 Å². The summed E-state index contributed by atoms with van der Waals surface area (Å²) in [6, 6.07) is 2.01. The number of thiophene rings is 1. The Balaban J connectivity index is 2.31. The van der Waals surface area contributed by atoms with Gasteiger partial charge in [-0.2, -0.15) is 0 Å². The van der Waals surface area contributed by atoms with Crippen molar-refractivity contribution in [3.05, 3.63) is 39.0 Å². The molecule has 0 fully saturated rings. The highest BCUT2D eigenvalue weighted by Gasteiger charge is 2.18. The zero-order valence-electron chi connectivity index (χ0n) is 9.56. The van der Waals surface area contributed by atoms with E-state index >= 15 is 0 Å². The fourth-order valence-corrected chi connectivity index (χ4v) is 3.01. The van der Waals surface area contributed by atoms with E-state index in [0.717, 1.165) is 28.1 Å². The van der Waals surface area contributed by atoms with Crippen molar-refractivity contribution in [2.24, 2.45) is 5.84 Å². The van der Waals surface area contributed by atoms with E-state index in [1.54, 1.807) is 11.3 Å². The Morgan fingerprint density at radius 1 is 1.65 bits per heavy atom. The van der Waals surface area contributed by atoms with E-state index in [-0.39, 0.29) is 6.04 Å². The van der Waals surface area contributed by atoms with Gasteiger partial charge in [-0.3, -0.25) is 5.84 Å². The highest BCUT2D eigenvalue weighted by Crippen LogP contribution is 2.28. The molecule has 0 aliphatic rings. The number of halogens is 1. The summed E-state index contributed by atoms with van der Waals surface area (Å²) >= 11 is 5.11. The van der Waals surface area contributed by atoms with E-state index in [2.05, 4.69) is 49.3 Å². The SMILES string of the molecule is CCCn1ccnc1C(NN)c1csc(Br)c1. The maximum atomic E-state index is 5.66. The average molecular weight is 315 g/mol. The second-order valence-corrected chi connectivity index (χ2v) is 6.05. The molecule has 2 heterocycles. The molecule has 3 N–H and O–H groups in total. The Morgan fingerprint density at radius 3 is 3.06 bits per heavy atom. The predicted molar refractivity (Wildman–Crippen MR) is 73.7 cm³/mol. The lowest BCUT2D eigenvalue weighted by atomic mass is 10.1. The number of hydrazine groups is 1. The van der Waals surface area contributed by atoms with Crippen LogP contribution >= 0.6 is 27.3 Å². The van der Waals surface area contributed by atoms with Gasteiger partial charge in [-0.25, -0.2) is 10.4 Å². The third kappa shape index (κ3) is 2.77.